The van der Waals surface area contributed by atoms with Gasteiger partial charge in [-0.2, -0.15) is 0 Å². The molecule has 0 aromatic heterocycles. The maximum absolute atomic E-state index is 9.73. The maximum atomic E-state index is 9.73. The minimum atomic E-state index is 0.475. The largest absolute Gasteiger partial charge is 0.494 e. The third kappa shape index (κ3) is 6.06. The van der Waals surface area contributed by atoms with E-state index in [9.17, 15) is 4.79 Å². The average molecular weight is 221 g/mol. The Morgan fingerprint density at radius 2 is 1.62 bits per heavy atom. The lowest BCUT2D eigenvalue weighted by atomic mass is 10.2. The highest BCUT2D eigenvalue weighted by molar-refractivity contribution is 5.37. The molecule has 1 aromatic carbocycles. The molecule has 0 unspecified atom stereocenters. The number of para-hydroxylation sites is 1. The zero-order valence-electron chi connectivity index (χ0n) is 9.35. The number of rotatable bonds is 9. The monoisotopic (exact) mass is 221 g/mol. The summed E-state index contributed by atoms with van der Waals surface area (Å²) in [5.74, 6) is 0.918. The first-order chi connectivity index (χ1) is 7.93. The van der Waals surface area contributed by atoms with Gasteiger partial charge in [-0.05, 0) is 37.8 Å². The number of ether oxygens (including phenoxy) is 2. The summed E-state index contributed by atoms with van der Waals surface area (Å²) in [6, 6.07) is 9.80. The number of hydrogen-bond donors (Lipinski definition) is 0. The van der Waals surface area contributed by atoms with E-state index in [1.807, 2.05) is 30.3 Å². The van der Waals surface area contributed by atoms with Crippen molar-refractivity contribution >= 4 is 6.47 Å². The molecule has 87 valence electrons. The van der Waals surface area contributed by atoms with Gasteiger partial charge >= 0.3 is 6.47 Å². The Kier molecular flexibility index (Phi) is 6.88. The van der Waals surface area contributed by atoms with E-state index in [0.29, 0.717) is 6.61 Å². The average Bonchev–Trinajstić information content (AvgIpc) is 2.34. The third-order valence-corrected chi connectivity index (χ3v) is 2.21. The Labute approximate surface area is 96.4 Å². The fourth-order valence-corrected chi connectivity index (χ4v) is 1.38. The highest BCUT2D eigenvalue weighted by Crippen LogP contribution is 2.09. The van der Waals surface area contributed by atoms with E-state index in [1.165, 1.54) is 6.47 Å². The van der Waals surface area contributed by atoms with Crippen LogP contribution in [0.4, 0.5) is 0 Å². The molecule has 1 aromatic rings. The smallest absolute Gasteiger partial charge is 0.417 e. The number of carbonyl (C=O) groups excluding carboxylic acids is 1. The van der Waals surface area contributed by atoms with Crippen LogP contribution < -0.4 is 4.74 Å². The second kappa shape index (κ2) is 8.77. The number of hydrogen-bond acceptors (Lipinski definition) is 3. The maximum Gasteiger partial charge on any atom is 0.417 e. The second-order valence-corrected chi connectivity index (χ2v) is 3.51. The Hall–Kier alpha value is -1.51. The van der Waals surface area contributed by atoms with Crippen LogP contribution in [0.1, 0.15) is 25.7 Å². The van der Waals surface area contributed by atoms with Gasteiger partial charge in [-0.1, -0.05) is 18.2 Å². The topological polar surface area (TPSA) is 35.5 Å². The van der Waals surface area contributed by atoms with Crippen LogP contribution in [0.3, 0.4) is 0 Å². The zero-order valence-corrected chi connectivity index (χ0v) is 9.35. The van der Waals surface area contributed by atoms with Crippen molar-refractivity contribution in [1.29, 1.82) is 0 Å². The van der Waals surface area contributed by atoms with Gasteiger partial charge in [0.25, 0.3) is 0 Å². The van der Waals surface area contributed by atoms with Crippen LogP contribution in [0, 0.1) is 0 Å². The molecule has 0 amide bonds. The van der Waals surface area contributed by atoms with E-state index in [2.05, 4.69) is 4.74 Å². The molecule has 0 saturated carbocycles. The summed E-state index contributed by atoms with van der Waals surface area (Å²) in [5.41, 5.74) is 0. The van der Waals surface area contributed by atoms with Crippen LogP contribution in [0.15, 0.2) is 30.3 Å². The predicted octanol–water partition coefficient (Wildman–Crippen LogP) is 2.71. The Morgan fingerprint density at radius 1 is 0.938 bits per heavy atom. The van der Waals surface area contributed by atoms with Crippen LogP contribution in [0.2, 0.25) is 0 Å². The molecule has 1 rings (SSSR count). The van der Waals surface area contributed by atoms with Crippen molar-refractivity contribution in [3.8, 4) is 5.75 Å². The summed E-state index contributed by atoms with van der Waals surface area (Å²) < 4.78 is 10.0. The third-order valence-electron chi connectivity index (χ3n) is 2.21. The van der Waals surface area contributed by atoms with Crippen LogP contribution in [-0.2, 0) is 9.53 Å². The van der Waals surface area contributed by atoms with Gasteiger partial charge in [0.2, 0.25) is 0 Å². The molecule has 0 spiro atoms. The van der Waals surface area contributed by atoms with E-state index in [4.69, 9.17) is 4.74 Å². The second-order valence-electron chi connectivity index (χ2n) is 3.51. The van der Waals surface area contributed by atoms with Gasteiger partial charge in [0, 0.05) is 0 Å². The summed E-state index contributed by atoms with van der Waals surface area (Å²) in [7, 11) is 0. The van der Waals surface area contributed by atoms with Gasteiger partial charge in [0.15, 0.2) is 0 Å². The van der Waals surface area contributed by atoms with Crippen molar-refractivity contribution in [1.82, 2.24) is 0 Å². The van der Waals surface area contributed by atoms with Crippen molar-refractivity contribution in [2.24, 2.45) is 0 Å². The van der Waals surface area contributed by atoms with Crippen LogP contribution in [0.25, 0.3) is 0 Å². The van der Waals surface area contributed by atoms with Crippen molar-refractivity contribution < 1.29 is 14.3 Å². The summed E-state index contributed by atoms with van der Waals surface area (Å²) in [4.78, 5) is 9.73. The molecular weight excluding hydrogens is 204 g/mol. The predicted molar refractivity (Wildman–Crippen MR) is 62.1 cm³/mol. The highest BCUT2D eigenvalue weighted by atomic mass is 16.5. The lowest BCUT2D eigenvalue weighted by Gasteiger charge is -2.05. The zero-order chi connectivity index (χ0) is 11.5. The van der Waals surface area contributed by atoms with Crippen LogP contribution in [-0.4, -0.2) is 19.7 Å². The van der Waals surface area contributed by atoms with Crippen LogP contribution in [0.5, 0.6) is 5.75 Å². The summed E-state index contributed by atoms with van der Waals surface area (Å²) in [6.45, 7) is 2.63. The van der Waals surface area contributed by atoms with E-state index < -0.39 is 0 Å². The first-order valence-electron chi connectivity index (χ1n) is 5.60. The summed E-state index contributed by atoms with van der Waals surface area (Å²) in [5, 5.41) is 0. The molecule has 3 nitrogen and oxygen atoms in total. The molecule has 0 saturated heterocycles. The SMILES string of the molecule is O=[C]OCCCCCCOc1ccccc1. The van der Waals surface area contributed by atoms with Gasteiger partial charge < -0.3 is 9.47 Å². The van der Waals surface area contributed by atoms with Gasteiger partial charge in [-0.25, -0.2) is 4.79 Å². The lowest BCUT2D eigenvalue weighted by molar-refractivity contribution is 0.263. The Morgan fingerprint density at radius 3 is 2.31 bits per heavy atom. The molecule has 0 atom stereocenters. The fourth-order valence-electron chi connectivity index (χ4n) is 1.38. The number of benzene rings is 1. The van der Waals surface area contributed by atoms with Gasteiger partial charge in [0.05, 0.1) is 13.2 Å². The molecule has 0 fully saturated rings. The molecule has 1 radical (unpaired) electrons. The molecule has 0 bridgehead atoms. The van der Waals surface area contributed by atoms with E-state index in [0.717, 1.165) is 38.0 Å². The molecule has 3 heteroatoms. The Balaban J connectivity index is 1.90. The molecule has 0 aliphatic carbocycles. The van der Waals surface area contributed by atoms with Gasteiger partial charge in [0.1, 0.15) is 5.75 Å². The van der Waals surface area contributed by atoms with Gasteiger partial charge in [-0.15, -0.1) is 0 Å². The van der Waals surface area contributed by atoms with Gasteiger partial charge in [-0.3, -0.25) is 0 Å². The standard InChI is InChI=1S/C13H17O3/c14-12-15-10-6-1-2-7-11-16-13-8-4-3-5-9-13/h3-5,8-9H,1-2,6-7,10-11H2. The minimum absolute atomic E-state index is 0.475. The molecule has 0 heterocycles. The molecule has 0 aliphatic heterocycles. The molecule has 16 heavy (non-hydrogen) atoms. The summed E-state index contributed by atoms with van der Waals surface area (Å²) in [6.07, 6.45) is 4.08. The fraction of sp³-hybridized carbons (Fsp3) is 0.462. The quantitative estimate of drug-likeness (QED) is 0.601. The van der Waals surface area contributed by atoms with E-state index >= 15 is 0 Å². The lowest BCUT2D eigenvalue weighted by Crippen LogP contribution is -1.97. The first kappa shape index (κ1) is 12.6. The van der Waals surface area contributed by atoms with Crippen molar-refractivity contribution in [2.75, 3.05) is 13.2 Å². The molecule has 0 N–H and O–H groups in total. The first-order valence-corrected chi connectivity index (χ1v) is 5.60. The van der Waals surface area contributed by atoms with Crippen molar-refractivity contribution in [3.63, 3.8) is 0 Å². The Bertz CT molecular complexity index is 272. The molecule has 0 aliphatic rings. The highest BCUT2D eigenvalue weighted by Gasteiger charge is 1.93. The number of unbranched alkanes of at least 4 members (excludes halogenated alkanes) is 3. The minimum Gasteiger partial charge on any atom is -0.494 e. The van der Waals surface area contributed by atoms with E-state index in [1.54, 1.807) is 0 Å². The normalized spacial score (nSPS) is 9.75. The molecular formula is C13H17O3. The van der Waals surface area contributed by atoms with Crippen molar-refractivity contribution in [3.05, 3.63) is 30.3 Å². The van der Waals surface area contributed by atoms with E-state index in [-0.39, 0.29) is 0 Å². The van der Waals surface area contributed by atoms with Crippen LogP contribution >= 0.6 is 0 Å². The van der Waals surface area contributed by atoms with Crippen molar-refractivity contribution in [2.45, 2.75) is 25.7 Å². The summed E-state index contributed by atoms with van der Waals surface area (Å²) >= 11 is 0.